The van der Waals surface area contributed by atoms with Crippen molar-refractivity contribution in [2.75, 3.05) is 6.54 Å². The monoisotopic (exact) mass is 177 g/mol. The van der Waals surface area contributed by atoms with E-state index in [1.54, 1.807) is 10.9 Å². The van der Waals surface area contributed by atoms with Gasteiger partial charge in [0, 0.05) is 19.7 Å². The van der Waals surface area contributed by atoms with Crippen molar-refractivity contribution in [3.8, 4) is 11.8 Å². The minimum Gasteiger partial charge on any atom is -0.330 e. The number of rotatable bonds is 3. The van der Waals surface area contributed by atoms with Crippen LogP contribution in [0.5, 0.6) is 0 Å². The molecule has 2 N–H and O–H groups in total. The molecule has 0 aliphatic rings. The summed E-state index contributed by atoms with van der Waals surface area (Å²) in [6.07, 6.45) is 6.75. The molecule has 3 heteroatoms. The van der Waals surface area contributed by atoms with Gasteiger partial charge in [-0.25, -0.2) is 0 Å². The fourth-order valence-electron chi connectivity index (χ4n) is 1.01. The summed E-state index contributed by atoms with van der Waals surface area (Å²) >= 11 is 0. The number of hydrogen-bond acceptors (Lipinski definition) is 2. The summed E-state index contributed by atoms with van der Waals surface area (Å²) in [7, 11) is 1.89. The third kappa shape index (κ3) is 3.77. The zero-order valence-corrected chi connectivity index (χ0v) is 7.95. The summed E-state index contributed by atoms with van der Waals surface area (Å²) in [5.74, 6) is 6.14. The molecule has 0 saturated carbocycles. The van der Waals surface area contributed by atoms with Crippen LogP contribution in [0.2, 0.25) is 0 Å². The van der Waals surface area contributed by atoms with E-state index in [0.29, 0.717) is 0 Å². The second-order valence-electron chi connectivity index (χ2n) is 2.95. The van der Waals surface area contributed by atoms with Gasteiger partial charge in [0.05, 0.1) is 11.8 Å². The maximum Gasteiger partial charge on any atom is 0.0646 e. The van der Waals surface area contributed by atoms with E-state index < -0.39 is 0 Å². The first kappa shape index (κ1) is 9.82. The third-order valence-corrected chi connectivity index (χ3v) is 1.69. The Bertz CT molecular complexity index is 303. The normalized spacial score (nSPS) is 9.38. The van der Waals surface area contributed by atoms with Crippen LogP contribution in [-0.4, -0.2) is 16.3 Å². The Labute approximate surface area is 78.9 Å². The maximum atomic E-state index is 5.36. The van der Waals surface area contributed by atoms with Gasteiger partial charge in [-0.3, -0.25) is 4.68 Å². The van der Waals surface area contributed by atoms with Gasteiger partial charge in [-0.05, 0) is 19.4 Å². The summed E-state index contributed by atoms with van der Waals surface area (Å²) < 4.78 is 1.75. The van der Waals surface area contributed by atoms with Crippen LogP contribution in [0.3, 0.4) is 0 Å². The van der Waals surface area contributed by atoms with Crippen LogP contribution in [0.1, 0.15) is 24.8 Å². The van der Waals surface area contributed by atoms with Gasteiger partial charge < -0.3 is 5.73 Å². The van der Waals surface area contributed by atoms with E-state index in [2.05, 4.69) is 16.9 Å². The Morgan fingerprint density at radius 2 is 2.38 bits per heavy atom. The fraction of sp³-hybridized carbons (Fsp3) is 0.500. The first-order valence-corrected chi connectivity index (χ1v) is 4.50. The number of nitrogens with two attached hydrogens (primary N) is 1. The largest absolute Gasteiger partial charge is 0.330 e. The molecule has 0 amide bonds. The topological polar surface area (TPSA) is 43.8 Å². The zero-order chi connectivity index (χ0) is 9.52. The van der Waals surface area contributed by atoms with Gasteiger partial charge in [-0.15, -0.1) is 0 Å². The summed E-state index contributed by atoms with van der Waals surface area (Å²) in [4.78, 5) is 0. The number of unbranched alkanes of at least 4 members (excludes halogenated alkanes) is 2. The van der Waals surface area contributed by atoms with Crippen molar-refractivity contribution >= 4 is 0 Å². The van der Waals surface area contributed by atoms with E-state index in [1.165, 1.54) is 0 Å². The Morgan fingerprint density at radius 3 is 3.00 bits per heavy atom. The summed E-state index contributed by atoms with van der Waals surface area (Å²) in [5, 5.41) is 4.03. The van der Waals surface area contributed by atoms with Gasteiger partial charge in [0.15, 0.2) is 0 Å². The first-order chi connectivity index (χ1) is 6.33. The van der Waals surface area contributed by atoms with Crippen molar-refractivity contribution < 1.29 is 0 Å². The van der Waals surface area contributed by atoms with Crippen LogP contribution < -0.4 is 5.73 Å². The molecule has 1 aromatic rings. The molecular weight excluding hydrogens is 162 g/mol. The molecule has 0 fully saturated rings. The van der Waals surface area contributed by atoms with Crippen LogP contribution >= 0.6 is 0 Å². The average Bonchev–Trinajstić information content (AvgIpc) is 2.51. The molecule has 0 spiro atoms. The van der Waals surface area contributed by atoms with Gasteiger partial charge >= 0.3 is 0 Å². The van der Waals surface area contributed by atoms with Gasteiger partial charge in [-0.1, -0.05) is 11.8 Å². The molecule has 0 aliphatic heterocycles. The van der Waals surface area contributed by atoms with Crippen molar-refractivity contribution in [3.63, 3.8) is 0 Å². The van der Waals surface area contributed by atoms with Crippen LogP contribution in [0.4, 0.5) is 0 Å². The lowest BCUT2D eigenvalue weighted by atomic mass is 10.2. The minimum absolute atomic E-state index is 0.759. The van der Waals surface area contributed by atoms with Gasteiger partial charge in [0.1, 0.15) is 0 Å². The Hall–Kier alpha value is -1.27. The molecule has 0 aliphatic carbocycles. The molecule has 1 heterocycles. The predicted molar refractivity (Wildman–Crippen MR) is 53.0 cm³/mol. The van der Waals surface area contributed by atoms with Crippen LogP contribution in [-0.2, 0) is 7.05 Å². The molecule has 1 rings (SSSR count). The van der Waals surface area contributed by atoms with Gasteiger partial charge in [0.25, 0.3) is 0 Å². The molecule has 13 heavy (non-hydrogen) atoms. The molecule has 70 valence electrons. The zero-order valence-electron chi connectivity index (χ0n) is 7.95. The molecule has 0 atom stereocenters. The Kier molecular flexibility index (Phi) is 4.07. The van der Waals surface area contributed by atoms with E-state index in [9.17, 15) is 0 Å². The number of nitrogens with zero attached hydrogens (tertiary/aromatic N) is 2. The van der Waals surface area contributed by atoms with E-state index in [0.717, 1.165) is 31.4 Å². The van der Waals surface area contributed by atoms with E-state index in [4.69, 9.17) is 5.73 Å². The van der Waals surface area contributed by atoms with E-state index in [-0.39, 0.29) is 0 Å². The van der Waals surface area contributed by atoms with Crippen molar-refractivity contribution in [2.45, 2.75) is 19.3 Å². The third-order valence-electron chi connectivity index (χ3n) is 1.69. The lowest BCUT2D eigenvalue weighted by Crippen LogP contribution is -1.96. The summed E-state index contributed by atoms with van der Waals surface area (Å²) in [6.45, 7) is 0.759. The highest BCUT2D eigenvalue weighted by atomic mass is 15.2. The Morgan fingerprint density at radius 1 is 1.54 bits per heavy atom. The fourth-order valence-corrected chi connectivity index (χ4v) is 1.01. The standard InChI is InChI=1S/C10H15N3/c1-13-9-10(8-12-13)6-4-2-3-5-7-11/h8-9H,2-3,5,7,11H2,1H3. The molecular formula is C10H15N3. The SMILES string of the molecule is Cn1cc(C#CCCCCN)cn1. The van der Waals surface area contributed by atoms with Crippen molar-refractivity contribution in [2.24, 2.45) is 12.8 Å². The van der Waals surface area contributed by atoms with Crippen molar-refractivity contribution in [1.82, 2.24) is 9.78 Å². The first-order valence-electron chi connectivity index (χ1n) is 4.50. The molecule has 0 aromatic carbocycles. The Balaban J connectivity index is 2.31. The lowest BCUT2D eigenvalue weighted by Gasteiger charge is -1.88. The summed E-state index contributed by atoms with van der Waals surface area (Å²) in [5.41, 5.74) is 6.35. The molecule has 0 bridgehead atoms. The molecule has 0 saturated heterocycles. The van der Waals surface area contributed by atoms with Gasteiger partial charge in [0.2, 0.25) is 0 Å². The highest BCUT2D eigenvalue weighted by molar-refractivity contribution is 5.29. The smallest absolute Gasteiger partial charge is 0.0646 e. The minimum atomic E-state index is 0.759. The maximum absolute atomic E-state index is 5.36. The predicted octanol–water partition coefficient (Wildman–Crippen LogP) is 0.901. The molecule has 3 nitrogen and oxygen atoms in total. The quantitative estimate of drug-likeness (QED) is 0.550. The van der Waals surface area contributed by atoms with Crippen LogP contribution in [0.15, 0.2) is 12.4 Å². The number of aromatic nitrogens is 2. The van der Waals surface area contributed by atoms with E-state index in [1.807, 2.05) is 13.2 Å². The molecule has 1 aromatic heterocycles. The number of hydrogen-bond donors (Lipinski definition) is 1. The summed E-state index contributed by atoms with van der Waals surface area (Å²) in [6, 6.07) is 0. The highest BCUT2D eigenvalue weighted by Crippen LogP contribution is 1.95. The van der Waals surface area contributed by atoms with E-state index >= 15 is 0 Å². The van der Waals surface area contributed by atoms with Gasteiger partial charge in [-0.2, -0.15) is 5.10 Å². The average molecular weight is 177 g/mol. The van der Waals surface area contributed by atoms with Crippen molar-refractivity contribution in [1.29, 1.82) is 0 Å². The van der Waals surface area contributed by atoms with Crippen molar-refractivity contribution in [3.05, 3.63) is 18.0 Å². The second kappa shape index (κ2) is 5.39. The highest BCUT2D eigenvalue weighted by Gasteiger charge is 1.88. The molecule has 0 unspecified atom stereocenters. The van der Waals surface area contributed by atoms with Crippen LogP contribution in [0.25, 0.3) is 0 Å². The molecule has 0 radical (unpaired) electrons. The van der Waals surface area contributed by atoms with Crippen LogP contribution in [0, 0.1) is 11.8 Å². The number of aryl methyl sites for hydroxylation is 1. The lowest BCUT2D eigenvalue weighted by molar-refractivity contribution is 0.767. The second-order valence-corrected chi connectivity index (χ2v) is 2.95.